The fourth-order valence-corrected chi connectivity index (χ4v) is 3.92. The number of hydrogen-bond donors (Lipinski definition) is 0. The summed E-state index contributed by atoms with van der Waals surface area (Å²) in [6.45, 7) is 10.8. The molecule has 0 saturated carbocycles. The van der Waals surface area contributed by atoms with Crippen LogP contribution in [0.3, 0.4) is 0 Å². The number of esters is 1. The largest absolute Gasteiger partial charge is 0.465 e. The van der Waals surface area contributed by atoms with E-state index in [1.807, 2.05) is 11.8 Å². The van der Waals surface area contributed by atoms with E-state index in [4.69, 9.17) is 14.6 Å². The summed E-state index contributed by atoms with van der Waals surface area (Å²) in [5, 5.41) is 4.70. The van der Waals surface area contributed by atoms with Crippen LogP contribution in [0.1, 0.15) is 40.9 Å². The monoisotopic (exact) mass is 478 g/mol. The van der Waals surface area contributed by atoms with Gasteiger partial charge in [-0.3, -0.25) is 0 Å². The number of aryl methyl sites for hydroxylation is 2. The first kappa shape index (κ1) is 25.5. The second kappa shape index (κ2) is 10.4. The van der Waals surface area contributed by atoms with Crippen molar-refractivity contribution in [1.29, 1.82) is 0 Å². The van der Waals surface area contributed by atoms with E-state index < -0.39 is 17.7 Å². The number of carbonyl (C=O) groups is 1. The Morgan fingerprint density at radius 1 is 1.38 bits per heavy atom. The Morgan fingerprint density at radius 3 is 2.74 bits per heavy atom. The number of rotatable bonds is 6. The molecule has 0 N–H and O–H groups in total. The van der Waals surface area contributed by atoms with E-state index >= 15 is 0 Å². The van der Waals surface area contributed by atoms with Crippen molar-refractivity contribution < 1.29 is 27.4 Å². The van der Waals surface area contributed by atoms with Gasteiger partial charge in [-0.1, -0.05) is 18.7 Å². The molecule has 2 aromatic rings. The Morgan fingerprint density at radius 2 is 2.12 bits per heavy atom. The maximum Gasteiger partial charge on any atom is 0.416 e. The van der Waals surface area contributed by atoms with Crippen LogP contribution in [-0.2, 0) is 28.6 Å². The molecule has 0 radical (unpaired) electrons. The minimum atomic E-state index is -4.43. The number of ether oxygens (including phenoxy) is 2. The number of halogens is 3. The van der Waals surface area contributed by atoms with Crippen molar-refractivity contribution in [1.82, 2.24) is 9.78 Å². The van der Waals surface area contributed by atoms with Gasteiger partial charge in [-0.15, -0.1) is 0 Å². The highest BCUT2D eigenvalue weighted by Crippen LogP contribution is 2.33. The van der Waals surface area contributed by atoms with Crippen LogP contribution in [0.4, 0.5) is 19.0 Å². The standard InChI is InChI=1S/C24H29F3N4O3/c1-15(2)28-22-19(23(32)33-5)13-21(30-11-12-34-16(3)14-30)29-31(22)10-9-18-7-6-8-20(17(18)4)24(25,26)27/h6-8,13,16H,1,9-12,14H2,2-5H3. The topological polar surface area (TPSA) is 68.9 Å². The van der Waals surface area contributed by atoms with E-state index in [1.165, 1.54) is 24.8 Å². The summed E-state index contributed by atoms with van der Waals surface area (Å²) in [7, 11) is 1.28. The van der Waals surface area contributed by atoms with Gasteiger partial charge in [0, 0.05) is 31.4 Å². The molecule has 34 heavy (non-hydrogen) atoms. The highest BCUT2D eigenvalue weighted by atomic mass is 19.4. The summed E-state index contributed by atoms with van der Waals surface area (Å²) in [6.07, 6.45) is -4.19. The van der Waals surface area contributed by atoms with Crippen molar-refractivity contribution in [3.05, 3.63) is 64.3 Å². The second-order valence-electron chi connectivity index (χ2n) is 8.27. The Hall–Kier alpha value is -3.14. The smallest absolute Gasteiger partial charge is 0.416 e. The minimum Gasteiger partial charge on any atom is -0.465 e. The Balaban J connectivity index is 2.08. The van der Waals surface area contributed by atoms with Crippen molar-refractivity contribution in [3.8, 4) is 0 Å². The SMILES string of the molecule is C=C(C)N=c1c(C(=O)OC)cc(N2CCOC(C)C2)nn1CCc1cccc(C(F)(F)F)c1C. The minimum absolute atomic E-state index is 0.0156. The molecule has 1 aromatic carbocycles. The van der Waals surface area contributed by atoms with Crippen LogP contribution < -0.4 is 10.4 Å². The van der Waals surface area contributed by atoms with Crippen LogP contribution in [0.5, 0.6) is 0 Å². The van der Waals surface area contributed by atoms with Gasteiger partial charge >= 0.3 is 12.1 Å². The van der Waals surface area contributed by atoms with Crippen LogP contribution in [0, 0.1) is 6.92 Å². The number of benzene rings is 1. The molecule has 7 nitrogen and oxygen atoms in total. The second-order valence-corrected chi connectivity index (χ2v) is 8.27. The molecule has 1 fully saturated rings. The quantitative estimate of drug-likeness (QED) is 0.589. The zero-order valence-electron chi connectivity index (χ0n) is 19.8. The van der Waals surface area contributed by atoms with Gasteiger partial charge in [0.2, 0.25) is 0 Å². The number of methoxy groups -OCH3 is 1. The van der Waals surface area contributed by atoms with Crippen molar-refractivity contribution >= 4 is 11.8 Å². The molecule has 2 heterocycles. The number of morpholine rings is 1. The maximum atomic E-state index is 13.4. The first-order valence-corrected chi connectivity index (χ1v) is 10.9. The third-order valence-electron chi connectivity index (χ3n) is 5.59. The predicted octanol–water partition coefficient (Wildman–Crippen LogP) is 3.90. The van der Waals surface area contributed by atoms with Gasteiger partial charge in [0.05, 0.1) is 25.4 Å². The lowest BCUT2D eigenvalue weighted by Gasteiger charge is -2.32. The lowest BCUT2D eigenvalue weighted by Crippen LogP contribution is -2.43. The summed E-state index contributed by atoms with van der Waals surface area (Å²) >= 11 is 0. The van der Waals surface area contributed by atoms with Gasteiger partial charge in [-0.2, -0.15) is 18.3 Å². The maximum absolute atomic E-state index is 13.4. The lowest BCUT2D eigenvalue weighted by molar-refractivity contribution is -0.138. The number of hydrogen-bond acceptors (Lipinski definition) is 6. The van der Waals surface area contributed by atoms with E-state index in [0.29, 0.717) is 36.8 Å². The Bertz CT molecular complexity index is 1140. The zero-order chi connectivity index (χ0) is 25.0. The van der Waals surface area contributed by atoms with Crippen LogP contribution in [-0.4, -0.2) is 48.7 Å². The third-order valence-corrected chi connectivity index (χ3v) is 5.59. The van der Waals surface area contributed by atoms with E-state index in [9.17, 15) is 18.0 Å². The van der Waals surface area contributed by atoms with Crippen molar-refractivity contribution in [3.63, 3.8) is 0 Å². The molecule has 1 aliphatic rings. The molecule has 0 bridgehead atoms. The molecule has 1 aromatic heterocycles. The lowest BCUT2D eigenvalue weighted by atomic mass is 10.00. The normalized spacial score (nSPS) is 17.1. The first-order chi connectivity index (χ1) is 16.0. The van der Waals surface area contributed by atoms with Gasteiger partial charge in [0.25, 0.3) is 0 Å². The van der Waals surface area contributed by atoms with Crippen molar-refractivity contribution in [2.75, 3.05) is 31.7 Å². The molecule has 1 aliphatic heterocycles. The molecule has 184 valence electrons. The molecule has 1 unspecified atom stereocenters. The summed E-state index contributed by atoms with van der Waals surface area (Å²) in [4.78, 5) is 19.0. The average Bonchev–Trinajstić information content (AvgIpc) is 2.77. The Labute approximate surface area is 196 Å². The third kappa shape index (κ3) is 5.85. The fraction of sp³-hybridized carbons (Fsp3) is 0.458. The van der Waals surface area contributed by atoms with Crippen LogP contribution in [0.15, 0.2) is 41.5 Å². The Kier molecular flexibility index (Phi) is 7.81. The van der Waals surface area contributed by atoms with Crippen LogP contribution in [0.25, 0.3) is 0 Å². The molecule has 0 aliphatic carbocycles. The molecule has 0 amide bonds. The summed E-state index contributed by atoms with van der Waals surface area (Å²) in [5.41, 5.74) is 0.935. The van der Waals surface area contributed by atoms with Gasteiger partial charge in [-0.25, -0.2) is 14.5 Å². The molecule has 1 saturated heterocycles. The summed E-state index contributed by atoms with van der Waals surface area (Å²) < 4.78 is 52.2. The van der Waals surface area contributed by atoms with Crippen molar-refractivity contribution in [2.45, 2.75) is 46.0 Å². The average molecular weight is 479 g/mol. The molecule has 0 spiro atoms. The number of nitrogens with zero attached hydrogens (tertiary/aromatic N) is 4. The van der Waals surface area contributed by atoms with E-state index in [-0.39, 0.29) is 35.7 Å². The zero-order valence-corrected chi connectivity index (χ0v) is 19.8. The predicted molar refractivity (Wildman–Crippen MR) is 121 cm³/mol. The van der Waals surface area contributed by atoms with Gasteiger partial charge in [-0.05, 0) is 44.4 Å². The highest BCUT2D eigenvalue weighted by Gasteiger charge is 2.32. The highest BCUT2D eigenvalue weighted by molar-refractivity contribution is 5.89. The van der Waals surface area contributed by atoms with E-state index in [1.54, 1.807) is 19.1 Å². The number of anilines is 1. The van der Waals surface area contributed by atoms with Crippen LogP contribution in [0.2, 0.25) is 0 Å². The molecule has 1 atom stereocenters. The van der Waals surface area contributed by atoms with Gasteiger partial charge in [0.1, 0.15) is 11.4 Å². The van der Waals surface area contributed by atoms with Crippen molar-refractivity contribution in [2.24, 2.45) is 4.99 Å². The first-order valence-electron chi connectivity index (χ1n) is 10.9. The summed E-state index contributed by atoms with van der Waals surface area (Å²) in [5.74, 6) is -0.0501. The van der Waals surface area contributed by atoms with Gasteiger partial charge < -0.3 is 14.4 Å². The van der Waals surface area contributed by atoms with Crippen LogP contribution >= 0.6 is 0 Å². The number of carbonyl (C=O) groups excluding carboxylic acids is 1. The molecule has 10 heteroatoms. The van der Waals surface area contributed by atoms with E-state index in [2.05, 4.69) is 11.6 Å². The molecular formula is C24H29F3N4O3. The van der Waals surface area contributed by atoms with E-state index in [0.717, 1.165) is 6.07 Å². The number of allylic oxidation sites excluding steroid dienone is 1. The number of aromatic nitrogens is 2. The summed E-state index contributed by atoms with van der Waals surface area (Å²) in [6, 6.07) is 5.75. The van der Waals surface area contributed by atoms with Gasteiger partial charge in [0.15, 0.2) is 5.49 Å². The number of alkyl halides is 3. The molecular weight excluding hydrogens is 449 g/mol. The fourth-order valence-electron chi connectivity index (χ4n) is 3.92. The molecule has 3 rings (SSSR count).